The molecule has 2 aromatic carbocycles. The van der Waals surface area contributed by atoms with E-state index in [4.69, 9.17) is 16.3 Å². The summed E-state index contributed by atoms with van der Waals surface area (Å²) in [5.41, 5.74) is 0.792. The minimum Gasteiger partial charge on any atom is -0.457 e. The Morgan fingerprint density at radius 1 is 0.941 bits per heavy atom. The van der Waals surface area contributed by atoms with Gasteiger partial charge in [-0.15, -0.1) is 11.6 Å². The highest BCUT2D eigenvalue weighted by Gasteiger charge is 2.05. The van der Waals surface area contributed by atoms with E-state index in [2.05, 4.69) is 0 Å². The summed E-state index contributed by atoms with van der Waals surface area (Å²) in [6.07, 6.45) is -0.623. The van der Waals surface area contributed by atoms with Crippen molar-refractivity contribution < 1.29 is 9.84 Å². The van der Waals surface area contributed by atoms with Crippen molar-refractivity contribution in [1.29, 1.82) is 0 Å². The van der Waals surface area contributed by atoms with Crippen molar-refractivity contribution in [2.45, 2.75) is 6.10 Å². The van der Waals surface area contributed by atoms with Gasteiger partial charge in [-0.3, -0.25) is 0 Å². The first-order valence-electron chi connectivity index (χ1n) is 5.36. The molecule has 2 aromatic rings. The largest absolute Gasteiger partial charge is 0.457 e. The number of aliphatic hydroxyl groups is 1. The van der Waals surface area contributed by atoms with Gasteiger partial charge in [0.05, 0.1) is 12.0 Å². The molecule has 0 aliphatic carbocycles. The Morgan fingerprint density at radius 2 is 1.53 bits per heavy atom. The standard InChI is InChI=1S/C14H13ClO2/c15-10-14(16)11-6-8-13(9-7-11)17-12-4-2-1-3-5-12/h1-9,14,16H,10H2/t14-/m0/s1. The Labute approximate surface area is 105 Å². The molecular weight excluding hydrogens is 236 g/mol. The van der Waals surface area contributed by atoms with Gasteiger partial charge in [0.2, 0.25) is 0 Å². The second-order valence-corrected chi connectivity index (χ2v) is 3.96. The lowest BCUT2D eigenvalue weighted by molar-refractivity contribution is 0.202. The molecule has 0 aromatic heterocycles. The van der Waals surface area contributed by atoms with Crippen molar-refractivity contribution >= 4 is 11.6 Å². The third-order valence-electron chi connectivity index (χ3n) is 2.39. The zero-order valence-electron chi connectivity index (χ0n) is 9.21. The van der Waals surface area contributed by atoms with Gasteiger partial charge < -0.3 is 9.84 Å². The molecule has 88 valence electrons. The lowest BCUT2D eigenvalue weighted by atomic mass is 10.1. The predicted molar refractivity (Wildman–Crippen MR) is 68.6 cm³/mol. The monoisotopic (exact) mass is 248 g/mol. The molecule has 2 nitrogen and oxygen atoms in total. The molecule has 0 spiro atoms. The zero-order valence-corrected chi connectivity index (χ0v) is 9.97. The molecule has 0 bridgehead atoms. The quantitative estimate of drug-likeness (QED) is 0.835. The van der Waals surface area contributed by atoms with E-state index in [0.717, 1.165) is 17.1 Å². The van der Waals surface area contributed by atoms with Crippen LogP contribution < -0.4 is 4.74 Å². The number of alkyl halides is 1. The van der Waals surface area contributed by atoms with E-state index in [1.807, 2.05) is 54.6 Å². The molecule has 1 N–H and O–H groups in total. The van der Waals surface area contributed by atoms with Gasteiger partial charge in [-0.2, -0.15) is 0 Å². The van der Waals surface area contributed by atoms with Crippen LogP contribution in [0, 0.1) is 0 Å². The zero-order chi connectivity index (χ0) is 12.1. The summed E-state index contributed by atoms with van der Waals surface area (Å²) in [4.78, 5) is 0. The Balaban J connectivity index is 2.08. The van der Waals surface area contributed by atoms with Crippen molar-refractivity contribution in [3.8, 4) is 11.5 Å². The summed E-state index contributed by atoms with van der Waals surface area (Å²) >= 11 is 5.57. The van der Waals surface area contributed by atoms with E-state index in [1.165, 1.54) is 0 Å². The molecule has 0 unspecified atom stereocenters. The summed E-state index contributed by atoms with van der Waals surface area (Å²) in [7, 11) is 0. The van der Waals surface area contributed by atoms with Crippen LogP contribution in [0.3, 0.4) is 0 Å². The molecule has 0 amide bonds. The fourth-order valence-electron chi connectivity index (χ4n) is 1.47. The molecule has 0 heterocycles. The van der Waals surface area contributed by atoms with Gasteiger partial charge in [0, 0.05) is 0 Å². The van der Waals surface area contributed by atoms with Crippen LogP contribution in [0.2, 0.25) is 0 Å². The molecule has 0 saturated carbocycles. The lowest BCUT2D eigenvalue weighted by Crippen LogP contribution is -1.97. The Bertz CT molecular complexity index is 453. The van der Waals surface area contributed by atoms with Crippen LogP contribution in [0.1, 0.15) is 11.7 Å². The summed E-state index contributed by atoms with van der Waals surface area (Å²) in [5, 5.41) is 9.54. The van der Waals surface area contributed by atoms with Crippen LogP contribution in [0.25, 0.3) is 0 Å². The number of hydrogen-bond donors (Lipinski definition) is 1. The van der Waals surface area contributed by atoms with Crippen LogP contribution in [0.15, 0.2) is 54.6 Å². The first kappa shape index (κ1) is 12.0. The van der Waals surface area contributed by atoms with Crippen LogP contribution >= 0.6 is 11.6 Å². The first-order valence-corrected chi connectivity index (χ1v) is 5.90. The van der Waals surface area contributed by atoms with Gasteiger partial charge in [-0.25, -0.2) is 0 Å². The third-order valence-corrected chi connectivity index (χ3v) is 2.68. The van der Waals surface area contributed by atoms with E-state index in [9.17, 15) is 5.11 Å². The number of aliphatic hydroxyl groups excluding tert-OH is 1. The van der Waals surface area contributed by atoms with Gasteiger partial charge in [-0.1, -0.05) is 30.3 Å². The van der Waals surface area contributed by atoms with Crippen molar-refractivity contribution in [3.05, 3.63) is 60.2 Å². The molecule has 1 atom stereocenters. The second-order valence-electron chi connectivity index (χ2n) is 3.65. The Kier molecular flexibility index (Phi) is 4.02. The van der Waals surface area contributed by atoms with Crippen LogP contribution in [-0.2, 0) is 0 Å². The van der Waals surface area contributed by atoms with Crippen LogP contribution in [0.4, 0.5) is 0 Å². The van der Waals surface area contributed by atoms with Crippen LogP contribution in [-0.4, -0.2) is 11.0 Å². The van der Waals surface area contributed by atoms with Crippen LogP contribution in [0.5, 0.6) is 11.5 Å². The van der Waals surface area contributed by atoms with E-state index in [0.29, 0.717) is 0 Å². The highest BCUT2D eigenvalue weighted by atomic mass is 35.5. The van der Waals surface area contributed by atoms with E-state index in [-0.39, 0.29) is 5.88 Å². The fraction of sp³-hybridized carbons (Fsp3) is 0.143. The fourth-order valence-corrected chi connectivity index (χ4v) is 1.65. The van der Waals surface area contributed by atoms with Crippen molar-refractivity contribution in [1.82, 2.24) is 0 Å². The van der Waals surface area contributed by atoms with E-state index in [1.54, 1.807) is 0 Å². The maximum absolute atomic E-state index is 9.54. The smallest absolute Gasteiger partial charge is 0.127 e. The first-order chi connectivity index (χ1) is 8.29. The number of halogens is 1. The van der Waals surface area contributed by atoms with E-state index >= 15 is 0 Å². The number of benzene rings is 2. The maximum Gasteiger partial charge on any atom is 0.127 e. The van der Waals surface area contributed by atoms with Crippen molar-refractivity contribution in [2.24, 2.45) is 0 Å². The van der Waals surface area contributed by atoms with Gasteiger partial charge in [-0.05, 0) is 29.8 Å². The maximum atomic E-state index is 9.54. The summed E-state index contributed by atoms with van der Waals surface area (Å²) in [6.45, 7) is 0. The number of hydrogen-bond acceptors (Lipinski definition) is 2. The number of para-hydroxylation sites is 1. The Hall–Kier alpha value is -1.51. The molecule has 2 rings (SSSR count). The lowest BCUT2D eigenvalue weighted by Gasteiger charge is -2.09. The molecule has 0 aliphatic heterocycles. The van der Waals surface area contributed by atoms with Gasteiger partial charge >= 0.3 is 0 Å². The molecule has 0 aliphatic rings. The molecular formula is C14H13ClO2. The van der Waals surface area contributed by atoms with E-state index < -0.39 is 6.10 Å². The topological polar surface area (TPSA) is 29.5 Å². The second kappa shape index (κ2) is 5.71. The molecule has 17 heavy (non-hydrogen) atoms. The molecule has 0 radical (unpaired) electrons. The average molecular weight is 249 g/mol. The molecule has 3 heteroatoms. The minimum atomic E-state index is -0.623. The van der Waals surface area contributed by atoms with Gasteiger partial charge in [0.25, 0.3) is 0 Å². The van der Waals surface area contributed by atoms with Crippen molar-refractivity contribution in [3.63, 3.8) is 0 Å². The predicted octanol–water partition coefficient (Wildman–Crippen LogP) is 3.75. The highest BCUT2D eigenvalue weighted by Crippen LogP contribution is 2.23. The molecule has 0 saturated heterocycles. The Morgan fingerprint density at radius 3 is 2.12 bits per heavy atom. The van der Waals surface area contributed by atoms with Crippen molar-refractivity contribution in [2.75, 3.05) is 5.88 Å². The van der Waals surface area contributed by atoms with Gasteiger partial charge in [0.15, 0.2) is 0 Å². The average Bonchev–Trinajstić information content (AvgIpc) is 2.40. The number of ether oxygens (including phenoxy) is 1. The SMILES string of the molecule is O[C@@H](CCl)c1ccc(Oc2ccccc2)cc1. The van der Waals surface area contributed by atoms with Gasteiger partial charge in [0.1, 0.15) is 11.5 Å². The summed E-state index contributed by atoms with van der Waals surface area (Å²) in [5.74, 6) is 1.72. The summed E-state index contributed by atoms with van der Waals surface area (Å²) < 4.78 is 5.63. The normalized spacial score (nSPS) is 12.1. The third kappa shape index (κ3) is 3.22. The number of rotatable bonds is 4. The minimum absolute atomic E-state index is 0.193. The molecule has 0 fully saturated rings. The summed E-state index contributed by atoms with van der Waals surface area (Å²) in [6, 6.07) is 16.8. The highest BCUT2D eigenvalue weighted by molar-refractivity contribution is 6.18.